The van der Waals surface area contributed by atoms with Crippen LogP contribution in [-0.2, 0) is 9.59 Å². The highest BCUT2D eigenvalue weighted by Crippen LogP contribution is 2.20. The summed E-state index contributed by atoms with van der Waals surface area (Å²) in [5, 5.41) is 5.05. The largest absolute Gasteiger partial charge is 0.357 e. The Morgan fingerprint density at radius 3 is 2.62 bits per heavy atom. The standard InChI is InChI=1S/C19H21FN4O2/c20-15-4-3-5-16(12-15)23-19(26)18(25)22-13-14-7-10-24(11-8-14)17-6-1-2-9-21-17/h1-6,9,12,14H,7-8,10-11,13H2,(H,22,25)(H,23,26). The van der Waals surface area contributed by atoms with Crippen LogP contribution in [0.5, 0.6) is 0 Å². The topological polar surface area (TPSA) is 74.3 Å². The number of hydrogen-bond donors (Lipinski definition) is 2. The molecule has 3 rings (SSSR count). The summed E-state index contributed by atoms with van der Waals surface area (Å²) < 4.78 is 13.1. The van der Waals surface area contributed by atoms with E-state index in [2.05, 4.69) is 20.5 Å². The summed E-state index contributed by atoms with van der Waals surface area (Å²) in [6.45, 7) is 2.19. The van der Waals surface area contributed by atoms with Gasteiger partial charge in [0.25, 0.3) is 0 Å². The second-order valence-corrected chi connectivity index (χ2v) is 6.29. The molecule has 0 bridgehead atoms. The minimum absolute atomic E-state index is 0.258. The van der Waals surface area contributed by atoms with Crippen LogP contribution < -0.4 is 15.5 Å². The van der Waals surface area contributed by atoms with Crippen LogP contribution >= 0.6 is 0 Å². The number of rotatable bonds is 4. The quantitative estimate of drug-likeness (QED) is 0.824. The molecular weight excluding hydrogens is 335 g/mol. The lowest BCUT2D eigenvalue weighted by molar-refractivity contribution is -0.136. The smallest absolute Gasteiger partial charge is 0.313 e. The summed E-state index contributed by atoms with van der Waals surface area (Å²) in [7, 11) is 0. The van der Waals surface area contributed by atoms with Gasteiger partial charge in [0.2, 0.25) is 0 Å². The van der Waals surface area contributed by atoms with Crippen LogP contribution in [0.1, 0.15) is 12.8 Å². The number of piperidine rings is 1. The molecule has 6 nitrogen and oxygen atoms in total. The zero-order valence-electron chi connectivity index (χ0n) is 14.3. The van der Waals surface area contributed by atoms with E-state index < -0.39 is 17.6 Å². The van der Waals surface area contributed by atoms with E-state index in [-0.39, 0.29) is 5.69 Å². The van der Waals surface area contributed by atoms with E-state index in [4.69, 9.17) is 0 Å². The number of aromatic nitrogens is 1. The Morgan fingerprint density at radius 2 is 1.92 bits per heavy atom. The molecule has 26 heavy (non-hydrogen) atoms. The van der Waals surface area contributed by atoms with Crippen molar-refractivity contribution in [3.05, 3.63) is 54.5 Å². The lowest BCUT2D eigenvalue weighted by Gasteiger charge is -2.32. The second kappa shape index (κ2) is 8.42. The Balaban J connectivity index is 1.42. The molecule has 1 aromatic carbocycles. The maximum atomic E-state index is 13.1. The average molecular weight is 356 g/mol. The number of hydrogen-bond acceptors (Lipinski definition) is 4. The van der Waals surface area contributed by atoms with Gasteiger partial charge in [0.05, 0.1) is 0 Å². The molecule has 1 aliphatic rings. The summed E-state index contributed by atoms with van der Waals surface area (Å²) in [6.07, 6.45) is 3.61. The van der Waals surface area contributed by atoms with Gasteiger partial charge < -0.3 is 15.5 Å². The normalized spacial score (nSPS) is 14.7. The van der Waals surface area contributed by atoms with E-state index in [0.717, 1.165) is 31.7 Å². The number of carbonyl (C=O) groups excluding carboxylic acids is 2. The molecule has 0 aliphatic carbocycles. The highest BCUT2D eigenvalue weighted by Gasteiger charge is 2.22. The van der Waals surface area contributed by atoms with Gasteiger partial charge in [0.1, 0.15) is 11.6 Å². The Kier molecular flexibility index (Phi) is 5.78. The van der Waals surface area contributed by atoms with Crippen LogP contribution in [0.3, 0.4) is 0 Å². The number of carbonyl (C=O) groups is 2. The Morgan fingerprint density at radius 1 is 1.12 bits per heavy atom. The van der Waals surface area contributed by atoms with E-state index in [1.54, 1.807) is 6.20 Å². The zero-order chi connectivity index (χ0) is 18.4. The minimum atomic E-state index is -0.790. The monoisotopic (exact) mass is 356 g/mol. The molecule has 0 radical (unpaired) electrons. The molecule has 2 heterocycles. The van der Waals surface area contributed by atoms with E-state index in [1.807, 2.05) is 18.2 Å². The number of amides is 2. The average Bonchev–Trinajstić information content (AvgIpc) is 2.67. The molecule has 1 fully saturated rings. The third-order valence-electron chi connectivity index (χ3n) is 4.43. The van der Waals surface area contributed by atoms with E-state index in [0.29, 0.717) is 12.5 Å². The van der Waals surface area contributed by atoms with Gasteiger partial charge in [-0.2, -0.15) is 0 Å². The molecule has 1 aromatic heterocycles. The molecule has 2 aromatic rings. The van der Waals surface area contributed by atoms with Crippen molar-refractivity contribution in [1.29, 1.82) is 0 Å². The Hall–Kier alpha value is -2.96. The number of anilines is 2. The number of pyridine rings is 1. The summed E-state index contributed by atoms with van der Waals surface area (Å²) in [5.41, 5.74) is 0.258. The Labute approximate surface area is 151 Å². The molecule has 0 saturated carbocycles. The molecule has 0 atom stereocenters. The fourth-order valence-electron chi connectivity index (χ4n) is 2.98. The minimum Gasteiger partial charge on any atom is -0.357 e. The van der Waals surface area contributed by atoms with Gasteiger partial charge in [-0.1, -0.05) is 12.1 Å². The van der Waals surface area contributed by atoms with Crippen LogP contribution in [-0.4, -0.2) is 36.4 Å². The van der Waals surface area contributed by atoms with Crippen molar-refractivity contribution >= 4 is 23.3 Å². The summed E-state index contributed by atoms with van der Waals surface area (Å²) in [4.78, 5) is 30.4. The van der Waals surface area contributed by atoms with Crippen molar-refractivity contribution in [2.45, 2.75) is 12.8 Å². The maximum Gasteiger partial charge on any atom is 0.313 e. The van der Waals surface area contributed by atoms with Crippen molar-refractivity contribution in [2.75, 3.05) is 29.9 Å². The van der Waals surface area contributed by atoms with Crippen molar-refractivity contribution in [3.63, 3.8) is 0 Å². The number of benzene rings is 1. The fourth-order valence-corrected chi connectivity index (χ4v) is 2.98. The van der Waals surface area contributed by atoms with Gasteiger partial charge >= 0.3 is 11.8 Å². The molecule has 2 N–H and O–H groups in total. The van der Waals surface area contributed by atoms with Gasteiger partial charge in [-0.25, -0.2) is 9.37 Å². The molecule has 2 amide bonds. The predicted octanol–water partition coefficient (Wildman–Crippen LogP) is 2.19. The molecule has 1 saturated heterocycles. The van der Waals surface area contributed by atoms with Crippen LogP contribution in [0.2, 0.25) is 0 Å². The summed E-state index contributed by atoms with van der Waals surface area (Å²) in [6, 6.07) is 11.3. The van der Waals surface area contributed by atoms with Gasteiger partial charge in [0.15, 0.2) is 0 Å². The predicted molar refractivity (Wildman–Crippen MR) is 97.2 cm³/mol. The van der Waals surface area contributed by atoms with Gasteiger partial charge in [-0.05, 0) is 49.1 Å². The van der Waals surface area contributed by atoms with Crippen molar-refractivity contribution in [1.82, 2.24) is 10.3 Å². The second-order valence-electron chi connectivity index (χ2n) is 6.29. The maximum absolute atomic E-state index is 13.1. The summed E-state index contributed by atoms with van der Waals surface area (Å²) in [5.74, 6) is -0.684. The number of nitrogens with zero attached hydrogens (tertiary/aromatic N) is 2. The first-order valence-electron chi connectivity index (χ1n) is 8.62. The molecule has 0 spiro atoms. The first-order chi connectivity index (χ1) is 12.6. The number of halogens is 1. The zero-order valence-corrected chi connectivity index (χ0v) is 14.3. The van der Waals surface area contributed by atoms with E-state index >= 15 is 0 Å². The van der Waals surface area contributed by atoms with Crippen molar-refractivity contribution in [3.8, 4) is 0 Å². The van der Waals surface area contributed by atoms with Gasteiger partial charge in [0, 0.05) is 31.5 Å². The molecule has 7 heteroatoms. The fraction of sp³-hybridized carbons (Fsp3) is 0.316. The van der Waals surface area contributed by atoms with Gasteiger partial charge in [-0.3, -0.25) is 9.59 Å². The first-order valence-corrected chi connectivity index (χ1v) is 8.62. The summed E-state index contributed by atoms with van der Waals surface area (Å²) >= 11 is 0. The van der Waals surface area contributed by atoms with E-state index in [9.17, 15) is 14.0 Å². The SMILES string of the molecule is O=C(NCC1CCN(c2ccccn2)CC1)C(=O)Nc1cccc(F)c1. The highest BCUT2D eigenvalue weighted by molar-refractivity contribution is 6.39. The van der Waals surface area contributed by atoms with Crippen LogP contribution in [0.25, 0.3) is 0 Å². The first kappa shape index (κ1) is 17.8. The van der Waals surface area contributed by atoms with Crippen LogP contribution in [0.4, 0.5) is 15.9 Å². The lowest BCUT2D eigenvalue weighted by atomic mass is 9.97. The van der Waals surface area contributed by atoms with Gasteiger partial charge in [-0.15, -0.1) is 0 Å². The third kappa shape index (κ3) is 4.78. The Bertz CT molecular complexity index is 761. The lowest BCUT2D eigenvalue weighted by Crippen LogP contribution is -2.42. The molecule has 1 aliphatic heterocycles. The van der Waals surface area contributed by atoms with Crippen LogP contribution in [0, 0.1) is 11.7 Å². The third-order valence-corrected chi connectivity index (χ3v) is 4.43. The van der Waals surface area contributed by atoms with Crippen molar-refractivity contribution in [2.24, 2.45) is 5.92 Å². The highest BCUT2D eigenvalue weighted by atomic mass is 19.1. The molecule has 136 valence electrons. The molecular formula is C19H21FN4O2. The van der Waals surface area contributed by atoms with E-state index in [1.165, 1.54) is 24.3 Å². The molecule has 0 unspecified atom stereocenters. The van der Waals surface area contributed by atoms with Crippen LogP contribution in [0.15, 0.2) is 48.7 Å². The van der Waals surface area contributed by atoms with Crippen molar-refractivity contribution < 1.29 is 14.0 Å². The number of nitrogens with one attached hydrogen (secondary N) is 2.